The number of nitrogens with one attached hydrogen (secondary N) is 2. The fourth-order valence-electron chi connectivity index (χ4n) is 4.45. The maximum absolute atomic E-state index is 12.6. The van der Waals surface area contributed by atoms with Gasteiger partial charge in [0, 0.05) is 35.3 Å². The van der Waals surface area contributed by atoms with E-state index in [0.717, 1.165) is 51.0 Å². The molecule has 0 bridgehead atoms. The third-order valence-corrected chi connectivity index (χ3v) is 7.86. The zero-order chi connectivity index (χ0) is 20.2. The number of likely N-dealkylation sites (tertiary alicyclic amines) is 1. The van der Waals surface area contributed by atoms with E-state index in [0.29, 0.717) is 15.2 Å². The smallest absolute Gasteiger partial charge is 0.257 e. The molecule has 2 amide bonds. The summed E-state index contributed by atoms with van der Waals surface area (Å²) in [6.07, 6.45) is 6.93. The number of thioether (sulfide) groups is 1. The highest BCUT2D eigenvalue weighted by Gasteiger charge is 2.39. The number of carbonyl (C=O) groups excluding carboxylic acids is 2. The van der Waals surface area contributed by atoms with Crippen molar-refractivity contribution in [3.63, 3.8) is 0 Å². The topological polar surface area (TPSA) is 61.4 Å². The minimum Gasteiger partial charge on any atom is -0.355 e. The van der Waals surface area contributed by atoms with Gasteiger partial charge in [0.15, 0.2) is 0 Å². The molecular weight excluding hydrogens is 406 g/mol. The number of hydrogen-bond donors (Lipinski definition) is 2. The first kappa shape index (κ1) is 20.8. The lowest BCUT2D eigenvalue weighted by atomic mass is 9.84. The molecule has 2 N–H and O–H groups in total. The van der Waals surface area contributed by atoms with Crippen LogP contribution in [0.1, 0.15) is 37.7 Å². The molecule has 29 heavy (non-hydrogen) atoms. The van der Waals surface area contributed by atoms with E-state index < -0.39 is 0 Å². The second-order valence-corrected chi connectivity index (χ2v) is 9.80. The lowest BCUT2D eigenvalue weighted by Crippen LogP contribution is -2.51. The largest absolute Gasteiger partial charge is 0.355 e. The Balaban J connectivity index is 1.30. The Morgan fingerprint density at radius 3 is 2.86 bits per heavy atom. The van der Waals surface area contributed by atoms with Gasteiger partial charge in [-0.25, -0.2) is 0 Å². The second-order valence-electron chi connectivity index (χ2n) is 8.12. The Kier molecular flexibility index (Phi) is 6.83. The van der Waals surface area contributed by atoms with Crippen LogP contribution in [0.15, 0.2) is 29.2 Å². The second kappa shape index (κ2) is 9.54. The Hall–Kier alpha value is -1.50. The van der Waals surface area contributed by atoms with Gasteiger partial charge >= 0.3 is 0 Å². The minimum atomic E-state index is -0.0636. The predicted octanol–water partition coefficient (Wildman–Crippen LogP) is 3.29. The van der Waals surface area contributed by atoms with Gasteiger partial charge in [-0.05, 0) is 62.9 Å². The van der Waals surface area contributed by atoms with Gasteiger partial charge < -0.3 is 15.5 Å². The molecule has 2 saturated heterocycles. The van der Waals surface area contributed by atoms with Crippen LogP contribution < -0.4 is 10.6 Å². The monoisotopic (exact) mass is 433 g/mol. The maximum atomic E-state index is 12.6. The van der Waals surface area contributed by atoms with Crippen molar-refractivity contribution >= 4 is 41.3 Å². The molecule has 0 radical (unpaired) electrons. The summed E-state index contributed by atoms with van der Waals surface area (Å²) in [5.74, 6) is 0.0652. The van der Waals surface area contributed by atoms with E-state index >= 15 is 0 Å². The van der Waals surface area contributed by atoms with Crippen LogP contribution in [0.25, 0.3) is 6.08 Å². The molecule has 3 fully saturated rings. The van der Waals surface area contributed by atoms with Crippen molar-refractivity contribution in [3.8, 4) is 0 Å². The molecule has 2 aliphatic heterocycles. The highest BCUT2D eigenvalue weighted by molar-refractivity contribution is 8.04. The van der Waals surface area contributed by atoms with E-state index in [1.54, 1.807) is 11.8 Å². The highest BCUT2D eigenvalue weighted by Crippen LogP contribution is 2.40. The normalized spacial score (nSPS) is 28.8. The molecular formula is C22H28ClN3O2S. The van der Waals surface area contributed by atoms with Crippen molar-refractivity contribution < 1.29 is 9.59 Å². The van der Waals surface area contributed by atoms with Crippen molar-refractivity contribution in [2.45, 2.75) is 43.4 Å². The molecule has 0 aromatic heterocycles. The molecule has 5 nitrogen and oxygen atoms in total. The molecule has 1 aromatic rings. The summed E-state index contributed by atoms with van der Waals surface area (Å²) in [6, 6.07) is 7.60. The zero-order valence-corrected chi connectivity index (χ0v) is 18.1. The molecule has 1 aromatic carbocycles. The van der Waals surface area contributed by atoms with Crippen molar-refractivity contribution in [1.82, 2.24) is 15.5 Å². The number of rotatable bonds is 5. The first-order chi connectivity index (χ1) is 14.1. The Morgan fingerprint density at radius 1 is 1.28 bits per heavy atom. The average Bonchev–Trinajstić information content (AvgIpc) is 3.23. The molecule has 1 aliphatic carbocycles. The lowest BCUT2D eigenvalue weighted by molar-refractivity contribution is -0.127. The van der Waals surface area contributed by atoms with Crippen LogP contribution in [0.5, 0.6) is 0 Å². The maximum Gasteiger partial charge on any atom is 0.257 e. The summed E-state index contributed by atoms with van der Waals surface area (Å²) in [5, 5.41) is 7.20. The van der Waals surface area contributed by atoms with Gasteiger partial charge in [-0.15, -0.1) is 11.8 Å². The number of amides is 2. The summed E-state index contributed by atoms with van der Waals surface area (Å²) < 4.78 is 0. The number of carbonyl (C=O) groups is 2. The number of halogens is 1. The van der Waals surface area contributed by atoms with Crippen LogP contribution in [0.4, 0.5) is 0 Å². The number of hydrogen-bond acceptors (Lipinski definition) is 4. The van der Waals surface area contributed by atoms with Crippen LogP contribution in [0.2, 0.25) is 5.02 Å². The summed E-state index contributed by atoms with van der Waals surface area (Å²) in [6.45, 7) is 3.95. The van der Waals surface area contributed by atoms with E-state index in [1.807, 2.05) is 30.3 Å². The van der Waals surface area contributed by atoms with Crippen LogP contribution in [0, 0.1) is 5.92 Å². The molecule has 3 aliphatic rings. The van der Waals surface area contributed by atoms with E-state index in [4.69, 9.17) is 11.6 Å². The van der Waals surface area contributed by atoms with Gasteiger partial charge in [-0.2, -0.15) is 0 Å². The molecule has 4 rings (SSSR count). The van der Waals surface area contributed by atoms with E-state index in [9.17, 15) is 9.59 Å². The summed E-state index contributed by atoms with van der Waals surface area (Å²) >= 11 is 7.86. The van der Waals surface area contributed by atoms with Crippen LogP contribution in [-0.4, -0.2) is 54.2 Å². The van der Waals surface area contributed by atoms with E-state index in [1.165, 1.54) is 12.8 Å². The Bertz CT molecular complexity index is 794. The first-order valence-corrected chi connectivity index (χ1v) is 11.8. The standard InChI is InChI=1S/C22H28ClN3O2S/c23-17-6-2-1-5-15(17)14-20-22(28)25-18-13-16(7-8-19(18)29-20)21(27)24-9-12-26-10-3-4-11-26/h1-2,5-6,14,16,18-19H,3-4,7-13H2,(H,24,27)(H,25,28)/b20-14+. The summed E-state index contributed by atoms with van der Waals surface area (Å²) in [4.78, 5) is 28.3. The zero-order valence-electron chi connectivity index (χ0n) is 16.5. The van der Waals surface area contributed by atoms with Crippen molar-refractivity contribution in [2.75, 3.05) is 26.2 Å². The molecule has 3 unspecified atom stereocenters. The number of benzene rings is 1. The third kappa shape index (κ3) is 5.16. The van der Waals surface area contributed by atoms with Gasteiger partial charge in [-0.3, -0.25) is 9.59 Å². The summed E-state index contributed by atoms with van der Waals surface area (Å²) in [7, 11) is 0. The lowest BCUT2D eigenvalue weighted by Gasteiger charge is -2.39. The van der Waals surface area contributed by atoms with Crippen molar-refractivity contribution in [2.24, 2.45) is 5.92 Å². The highest BCUT2D eigenvalue weighted by atomic mass is 35.5. The van der Waals surface area contributed by atoms with Crippen molar-refractivity contribution in [1.29, 1.82) is 0 Å². The van der Waals surface area contributed by atoms with Crippen molar-refractivity contribution in [3.05, 3.63) is 39.8 Å². The van der Waals surface area contributed by atoms with E-state index in [2.05, 4.69) is 15.5 Å². The van der Waals surface area contributed by atoms with Crippen LogP contribution in [0.3, 0.4) is 0 Å². The van der Waals surface area contributed by atoms with Crippen LogP contribution >= 0.6 is 23.4 Å². The molecule has 1 saturated carbocycles. The molecule has 7 heteroatoms. The minimum absolute atomic E-state index is 0.00942. The van der Waals surface area contributed by atoms with Gasteiger partial charge in [0.1, 0.15) is 0 Å². The first-order valence-electron chi connectivity index (χ1n) is 10.5. The molecule has 156 valence electrons. The van der Waals surface area contributed by atoms with Gasteiger partial charge in [0.05, 0.1) is 4.91 Å². The third-order valence-electron chi connectivity index (χ3n) is 6.09. The molecule has 0 spiro atoms. The number of fused-ring (bicyclic) bond motifs is 1. The molecule has 3 atom stereocenters. The Labute approximate surface area is 181 Å². The Morgan fingerprint density at radius 2 is 2.07 bits per heavy atom. The quantitative estimate of drug-likeness (QED) is 0.699. The van der Waals surface area contributed by atoms with Crippen LogP contribution in [-0.2, 0) is 9.59 Å². The predicted molar refractivity (Wildman–Crippen MR) is 119 cm³/mol. The SMILES string of the molecule is O=C1NC2CC(C(=O)NCCN3CCCC3)CCC2S/C1=C/c1ccccc1Cl. The van der Waals surface area contributed by atoms with Gasteiger partial charge in [0.2, 0.25) is 5.91 Å². The van der Waals surface area contributed by atoms with Gasteiger partial charge in [-0.1, -0.05) is 29.8 Å². The average molecular weight is 434 g/mol. The van der Waals surface area contributed by atoms with E-state index in [-0.39, 0.29) is 23.8 Å². The fraction of sp³-hybridized carbons (Fsp3) is 0.545. The fourth-order valence-corrected chi connectivity index (χ4v) is 5.93. The van der Waals surface area contributed by atoms with Gasteiger partial charge in [0.25, 0.3) is 5.91 Å². The summed E-state index contributed by atoms with van der Waals surface area (Å²) in [5.41, 5.74) is 0.858. The molecule has 2 heterocycles. The number of nitrogens with zero attached hydrogens (tertiary/aromatic N) is 1.